The third kappa shape index (κ3) is 42.3. The Morgan fingerprint density at radius 2 is 0.655 bits per heavy atom. The Kier molecular flexibility index (Phi) is 44.1. The van der Waals surface area contributed by atoms with Crippen LogP contribution in [0.2, 0.25) is 0 Å². The van der Waals surface area contributed by atoms with Gasteiger partial charge in [-0.2, -0.15) is 0 Å². The minimum Gasteiger partial charge on any atom is -0.464 e. The molecule has 0 saturated heterocycles. The van der Waals surface area contributed by atoms with E-state index in [2.05, 4.69) is 135 Å². The lowest BCUT2D eigenvalue weighted by Crippen LogP contribution is -2.24. The van der Waals surface area contributed by atoms with E-state index >= 15 is 0 Å². The summed E-state index contributed by atoms with van der Waals surface area (Å²) < 4.78 is 14.8. The molecule has 2 unspecified atom stereocenters. The van der Waals surface area contributed by atoms with Gasteiger partial charge in [-0.3, -0.25) is 0 Å². The van der Waals surface area contributed by atoms with Crippen molar-refractivity contribution < 1.29 is 28.9 Å². The monoisotopic (exact) mass is 759 g/mol. The number of carbonyl (C=O) groups is 2. The Morgan fingerprint density at radius 1 is 0.400 bits per heavy atom. The van der Waals surface area contributed by atoms with Gasteiger partial charge in [0.25, 0.3) is 0 Å². The highest BCUT2D eigenvalue weighted by Gasteiger charge is 2.16. The molecule has 2 atom stereocenters. The highest BCUT2D eigenvalue weighted by atomic mass is 16.6. The summed E-state index contributed by atoms with van der Waals surface area (Å²) in [5.41, 5.74) is 0. The predicted octanol–water partition coefficient (Wildman–Crippen LogP) is 12.7. The molecule has 0 aromatic rings. The molecule has 6 heteroatoms. The van der Waals surface area contributed by atoms with E-state index in [-0.39, 0.29) is 5.97 Å². The van der Waals surface area contributed by atoms with E-state index in [9.17, 15) is 14.7 Å². The van der Waals surface area contributed by atoms with Crippen LogP contribution < -0.4 is 0 Å². The van der Waals surface area contributed by atoms with Crippen LogP contribution in [0.5, 0.6) is 0 Å². The minimum absolute atomic E-state index is 0.291. The topological polar surface area (TPSA) is 82.1 Å². The van der Waals surface area contributed by atoms with E-state index < -0.39 is 18.2 Å². The zero-order valence-corrected chi connectivity index (χ0v) is 34.8. The van der Waals surface area contributed by atoms with Gasteiger partial charge in [0, 0.05) is 20.0 Å². The minimum atomic E-state index is -1.06. The van der Waals surface area contributed by atoms with E-state index in [1.165, 1.54) is 7.11 Å². The highest BCUT2D eigenvalue weighted by molar-refractivity contribution is 5.75. The average Bonchev–Trinajstić information content (AvgIpc) is 3.18. The maximum atomic E-state index is 11.6. The van der Waals surface area contributed by atoms with Crippen LogP contribution in [-0.4, -0.2) is 49.6 Å². The molecule has 0 aliphatic rings. The average molecular weight is 759 g/mol. The van der Waals surface area contributed by atoms with Gasteiger partial charge < -0.3 is 19.3 Å². The summed E-state index contributed by atoms with van der Waals surface area (Å²) in [6.45, 7) is 8.48. The third-order valence-electron chi connectivity index (χ3n) is 7.30. The van der Waals surface area contributed by atoms with Crippen molar-refractivity contribution in [3.05, 3.63) is 146 Å². The third-order valence-corrected chi connectivity index (χ3v) is 7.30. The molecule has 0 spiro atoms. The first-order valence-electron chi connectivity index (χ1n) is 20.3. The molecule has 55 heavy (non-hydrogen) atoms. The van der Waals surface area contributed by atoms with Crippen molar-refractivity contribution in [2.45, 2.75) is 130 Å². The molecular weight excluding hydrogens is 685 g/mol. The Bertz CT molecular complexity index is 1250. The number of rotatable bonds is 31. The summed E-state index contributed by atoms with van der Waals surface area (Å²) in [6.07, 6.45) is 62.2. The summed E-state index contributed by atoms with van der Waals surface area (Å²) >= 11 is 0. The molecule has 6 nitrogen and oxygen atoms in total. The lowest BCUT2D eigenvalue weighted by atomic mass is 10.2. The van der Waals surface area contributed by atoms with Crippen molar-refractivity contribution in [2.24, 2.45) is 0 Å². The molecular formula is C49H74O6. The zero-order chi connectivity index (χ0) is 40.7. The predicted molar refractivity (Wildman–Crippen MR) is 236 cm³/mol. The molecule has 0 amide bonds. The summed E-state index contributed by atoms with van der Waals surface area (Å²) in [6, 6.07) is 0. The molecule has 0 fully saturated rings. The van der Waals surface area contributed by atoms with Crippen LogP contribution in [0.15, 0.2) is 146 Å². The fourth-order valence-corrected chi connectivity index (χ4v) is 4.35. The fourth-order valence-electron chi connectivity index (χ4n) is 4.35. The first-order chi connectivity index (χ1) is 27.0. The standard InChI is InChI=1S/C25H38O3.C24H36O3/c1-4-6-7-8-9-10-11-12-13-14-15-16-17-18-19-20-21-22-23-24(27-3)25(26)28-5-2;1-3-5-6-7-8-9-10-11-12-13-14-15-16-17-18-19-20-21-22-23(25)24(26)27-4-2/h6-7,9-10,12-13,15-16,18-19,21-22,24H,4-5,8,11,14,17,20,23H2,1-3H3;5-6,8-9,11-12,14-15,17-18,20-21,23,25H,3-4,7,10,13,16,19,22H2,1-2H3/b7-6-,10-9-,13-12-,16-15-,19-18-,22-21-;6-5-,9-8-,12-11-,15-14-,18-17-,21-20-. The Balaban J connectivity index is 0. The molecule has 0 saturated carbocycles. The Morgan fingerprint density at radius 3 is 0.927 bits per heavy atom. The first kappa shape index (κ1) is 52.8. The van der Waals surface area contributed by atoms with Gasteiger partial charge in [-0.05, 0) is 90.9 Å². The molecule has 0 aliphatic heterocycles. The van der Waals surface area contributed by atoms with Gasteiger partial charge in [-0.25, -0.2) is 9.59 Å². The summed E-state index contributed by atoms with van der Waals surface area (Å²) in [5.74, 6) is -0.860. The normalized spacial score (nSPS) is 14.0. The number of methoxy groups -OCH3 is 1. The number of carbonyl (C=O) groups excluding carboxylic acids is 2. The van der Waals surface area contributed by atoms with E-state index in [4.69, 9.17) is 14.2 Å². The second-order valence-electron chi connectivity index (χ2n) is 12.0. The van der Waals surface area contributed by atoms with Crippen LogP contribution in [0, 0.1) is 0 Å². The molecule has 306 valence electrons. The summed E-state index contributed by atoms with van der Waals surface area (Å²) in [5, 5.41) is 9.52. The van der Waals surface area contributed by atoms with Gasteiger partial charge in [-0.1, -0.05) is 160 Å². The number of aliphatic hydroxyl groups excluding tert-OH is 1. The van der Waals surface area contributed by atoms with E-state index in [0.29, 0.717) is 26.1 Å². The fraction of sp³-hybridized carbons (Fsp3) is 0.469. The second-order valence-corrected chi connectivity index (χ2v) is 12.0. The Hall–Kier alpha value is -4.26. The van der Waals surface area contributed by atoms with Crippen LogP contribution >= 0.6 is 0 Å². The smallest absolute Gasteiger partial charge is 0.335 e. The number of hydrogen-bond donors (Lipinski definition) is 1. The molecule has 0 rings (SSSR count). The maximum absolute atomic E-state index is 11.6. The molecule has 0 heterocycles. The quantitative estimate of drug-likeness (QED) is 0.0560. The number of esters is 2. The van der Waals surface area contributed by atoms with Gasteiger partial charge in [0.05, 0.1) is 13.2 Å². The van der Waals surface area contributed by atoms with Crippen molar-refractivity contribution >= 4 is 11.9 Å². The van der Waals surface area contributed by atoms with Crippen LogP contribution in [0.25, 0.3) is 0 Å². The highest BCUT2D eigenvalue weighted by Crippen LogP contribution is 2.04. The van der Waals surface area contributed by atoms with Crippen molar-refractivity contribution in [1.29, 1.82) is 0 Å². The summed E-state index contributed by atoms with van der Waals surface area (Å²) in [4.78, 5) is 22.8. The lowest BCUT2D eigenvalue weighted by Gasteiger charge is -2.11. The summed E-state index contributed by atoms with van der Waals surface area (Å²) in [7, 11) is 1.53. The van der Waals surface area contributed by atoms with Crippen LogP contribution in [0.4, 0.5) is 0 Å². The Labute approximate surface area is 335 Å². The largest absolute Gasteiger partial charge is 0.464 e. The number of ether oxygens (including phenoxy) is 3. The SMILES string of the molecule is CC/C=C\C/C=C\C/C=C\C/C=C\C/C=C\C/C=C\CC(O)C(=O)OCC.CC/C=C\C/C=C\C/C=C\C/C=C\C/C=C\C/C=C\CC(OC)C(=O)OCC. The van der Waals surface area contributed by atoms with Crippen molar-refractivity contribution in [3.8, 4) is 0 Å². The molecule has 0 aromatic heterocycles. The van der Waals surface area contributed by atoms with Crippen LogP contribution in [0.3, 0.4) is 0 Å². The number of allylic oxidation sites excluding steroid dienone is 22. The van der Waals surface area contributed by atoms with Gasteiger partial charge in [0.1, 0.15) is 0 Å². The van der Waals surface area contributed by atoms with Crippen LogP contribution in [-0.2, 0) is 23.8 Å². The van der Waals surface area contributed by atoms with Crippen LogP contribution in [0.1, 0.15) is 118 Å². The molecule has 0 aromatic carbocycles. The van der Waals surface area contributed by atoms with Gasteiger partial charge in [0.2, 0.25) is 0 Å². The van der Waals surface area contributed by atoms with Gasteiger partial charge in [0.15, 0.2) is 12.2 Å². The van der Waals surface area contributed by atoms with E-state index in [1.807, 2.05) is 18.2 Å². The molecule has 0 bridgehead atoms. The molecule has 0 aliphatic carbocycles. The maximum Gasteiger partial charge on any atom is 0.335 e. The first-order valence-corrected chi connectivity index (χ1v) is 20.3. The molecule has 1 N–H and O–H groups in total. The number of aliphatic hydroxyl groups is 1. The van der Waals surface area contributed by atoms with Gasteiger partial charge >= 0.3 is 11.9 Å². The van der Waals surface area contributed by atoms with E-state index in [1.54, 1.807) is 19.9 Å². The van der Waals surface area contributed by atoms with E-state index in [0.717, 1.165) is 77.0 Å². The number of hydrogen-bond acceptors (Lipinski definition) is 6. The second kappa shape index (κ2) is 45.9. The van der Waals surface area contributed by atoms with Gasteiger partial charge in [-0.15, -0.1) is 0 Å². The zero-order valence-electron chi connectivity index (χ0n) is 34.8. The molecule has 0 radical (unpaired) electrons. The van der Waals surface area contributed by atoms with Crippen molar-refractivity contribution in [1.82, 2.24) is 0 Å². The lowest BCUT2D eigenvalue weighted by molar-refractivity contribution is -0.154. The van der Waals surface area contributed by atoms with Crippen molar-refractivity contribution in [2.75, 3.05) is 20.3 Å². The van der Waals surface area contributed by atoms with Crippen molar-refractivity contribution in [3.63, 3.8) is 0 Å².